The molecule has 2 heterocycles. The van der Waals surface area contributed by atoms with Gasteiger partial charge in [-0.25, -0.2) is 9.89 Å². The zero-order valence-electron chi connectivity index (χ0n) is 16.9. The number of amides is 1. The third kappa shape index (κ3) is 4.06. The van der Waals surface area contributed by atoms with E-state index in [1.54, 1.807) is 17.0 Å². The number of amidine groups is 2. The molecule has 0 radical (unpaired) electrons. The van der Waals surface area contributed by atoms with Gasteiger partial charge in [0.2, 0.25) is 0 Å². The lowest BCUT2D eigenvalue weighted by Gasteiger charge is -2.25. The molecule has 0 spiro atoms. The van der Waals surface area contributed by atoms with E-state index in [0.717, 1.165) is 21.3 Å². The Hall–Kier alpha value is -3.03. The predicted molar refractivity (Wildman–Crippen MR) is 132 cm³/mol. The first-order chi connectivity index (χ1) is 15.6. The molecule has 0 saturated heterocycles. The van der Waals surface area contributed by atoms with Crippen LogP contribution in [0.15, 0.2) is 93.3 Å². The van der Waals surface area contributed by atoms with Gasteiger partial charge < -0.3 is 0 Å². The van der Waals surface area contributed by atoms with Gasteiger partial charge in [-0.05, 0) is 29.8 Å². The molecule has 2 aliphatic heterocycles. The van der Waals surface area contributed by atoms with E-state index in [-0.39, 0.29) is 17.4 Å². The van der Waals surface area contributed by atoms with Crippen molar-refractivity contribution in [3.63, 3.8) is 0 Å². The molecule has 3 aromatic rings. The van der Waals surface area contributed by atoms with E-state index in [1.807, 2.05) is 66.7 Å². The van der Waals surface area contributed by atoms with E-state index in [0.29, 0.717) is 23.0 Å². The smallest absolute Gasteiger partial charge is 0.259 e. The number of nitrogens with zero attached hydrogens (tertiary/aromatic N) is 3. The molecule has 0 aliphatic carbocycles. The fourth-order valence-corrected chi connectivity index (χ4v) is 4.88. The Labute approximate surface area is 198 Å². The molecule has 0 bridgehead atoms. The summed E-state index contributed by atoms with van der Waals surface area (Å²) in [6.07, 6.45) is 0.525. The van der Waals surface area contributed by atoms with Crippen LogP contribution in [0.1, 0.15) is 21.5 Å². The van der Waals surface area contributed by atoms with Gasteiger partial charge in [0.15, 0.2) is 11.0 Å². The number of carbonyl (C=O) groups excluding carboxylic acids is 2. The zero-order chi connectivity index (χ0) is 22.1. The Morgan fingerprint density at radius 1 is 0.969 bits per heavy atom. The molecular formula is C25H18BrN3O2S. The van der Waals surface area contributed by atoms with Crippen molar-refractivity contribution < 1.29 is 9.59 Å². The maximum Gasteiger partial charge on any atom is 0.259 e. The van der Waals surface area contributed by atoms with Gasteiger partial charge in [-0.2, -0.15) is 0 Å². The summed E-state index contributed by atoms with van der Waals surface area (Å²) in [5, 5.41) is 0.494. The molecule has 7 heteroatoms. The number of halogens is 1. The van der Waals surface area contributed by atoms with Crippen LogP contribution in [0.25, 0.3) is 0 Å². The number of aliphatic imine (C=N–C) groups is 2. The molecule has 5 nitrogen and oxygen atoms in total. The summed E-state index contributed by atoms with van der Waals surface area (Å²) in [5.41, 5.74) is 3.27. The number of Topliss-reactive ketones (excluding diaryl/α,β-unsaturated/α-hetero) is 1. The Morgan fingerprint density at radius 2 is 1.69 bits per heavy atom. The Kier molecular flexibility index (Phi) is 5.76. The molecule has 2 aliphatic rings. The van der Waals surface area contributed by atoms with E-state index in [2.05, 4.69) is 15.9 Å². The SMILES string of the molecule is O=C(CSC1=Nc2ccccc2C2=N[C@@H](Cc3ccccc3)C(=O)N12)c1ccc(Br)cc1. The van der Waals surface area contributed by atoms with Gasteiger partial charge in [-0.1, -0.05) is 82.3 Å². The second-order valence-electron chi connectivity index (χ2n) is 7.46. The second-order valence-corrected chi connectivity index (χ2v) is 9.32. The quantitative estimate of drug-likeness (QED) is 0.445. The van der Waals surface area contributed by atoms with Crippen LogP contribution in [-0.4, -0.2) is 39.4 Å². The summed E-state index contributed by atoms with van der Waals surface area (Å²) in [6.45, 7) is 0. The van der Waals surface area contributed by atoms with Gasteiger partial charge >= 0.3 is 0 Å². The molecule has 0 unspecified atom stereocenters. The number of rotatable bonds is 5. The largest absolute Gasteiger partial charge is 0.293 e. The van der Waals surface area contributed by atoms with Crippen LogP contribution in [0.4, 0.5) is 5.69 Å². The Balaban J connectivity index is 1.42. The summed E-state index contributed by atoms with van der Waals surface area (Å²) in [6, 6.07) is 24.3. The molecule has 0 N–H and O–H groups in total. The average molecular weight is 504 g/mol. The number of hydrogen-bond donors (Lipinski definition) is 0. The third-order valence-electron chi connectivity index (χ3n) is 5.32. The van der Waals surface area contributed by atoms with Crippen molar-refractivity contribution in [3.05, 3.63) is 100 Å². The molecule has 0 fully saturated rings. The predicted octanol–water partition coefficient (Wildman–Crippen LogP) is 5.27. The van der Waals surface area contributed by atoms with Crippen molar-refractivity contribution in [2.75, 3.05) is 5.75 Å². The monoisotopic (exact) mass is 503 g/mol. The summed E-state index contributed by atoms with van der Waals surface area (Å²) < 4.78 is 0.919. The zero-order valence-corrected chi connectivity index (χ0v) is 19.3. The van der Waals surface area contributed by atoms with Crippen LogP contribution in [0.3, 0.4) is 0 Å². The highest BCUT2D eigenvalue weighted by molar-refractivity contribution is 9.10. The first-order valence-corrected chi connectivity index (χ1v) is 11.9. The van der Waals surface area contributed by atoms with Gasteiger partial charge in [0.1, 0.15) is 11.9 Å². The summed E-state index contributed by atoms with van der Waals surface area (Å²) in [4.78, 5) is 37.1. The molecule has 1 amide bonds. The molecule has 5 rings (SSSR count). The first kappa shape index (κ1) is 20.8. The Morgan fingerprint density at radius 3 is 2.47 bits per heavy atom. The number of benzene rings is 3. The highest BCUT2D eigenvalue weighted by Crippen LogP contribution is 2.34. The van der Waals surface area contributed by atoms with Gasteiger partial charge in [-0.15, -0.1) is 0 Å². The molecular weight excluding hydrogens is 486 g/mol. The number of hydrogen-bond acceptors (Lipinski definition) is 5. The number of fused-ring (bicyclic) bond motifs is 3. The number of carbonyl (C=O) groups is 2. The maximum absolute atomic E-state index is 13.3. The lowest BCUT2D eigenvalue weighted by atomic mass is 10.1. The fraction of sp³-hybridized carbons (Fsp3) is 0.120. The van der Waals surface area contributed by atoms with Crippen LogP contribution in [0.2, 0.25) is 0 Å². The summed E-state index contributed by atoms with van der Waals surface area (Å²) >= 11 is 4.65. The van der Waals surface area contributed by atoms with Gasteiger partial charge in [-0.3, -0.25) is 14.6 Å². The van der Waals surface area contributed by atoms with Crippen LogP contribution in [0.5, 0.6) is 0 Å². The van der Waals surface area contributed by atoms with Crippen molar-refractivity contribution in [1.29, 1.82) is 0 Å². The lowest BCUT2D eigenvalue weighted by molar-refractivity contribution is -0.124. The van der Waals surface area contributed by atoms with Crippen LogP contribution in [-0.2, 0) is 11.2 Å². The van der Waals surface area contributed by atoms with Crippen LogP contribution < -0.4 is 0 Å². The van der Waals surface area contributed by atoms with Crippen molar-refractivity contribution >= 4 is 56.1 Å². The van der Waals surface area contributed by atoms with Crippen molar-refractivity contribution in [2.45, 2.75) is 12.5 Å². The van der Waals surface area contributed by atoms with Gasteiger partial charge in [0.25, 0.3) is 5.91 Å². The van der Waals surface area contributed by atoms with E-state index in [9.17, 15) is 9.59 Å². The first-order valence-electron chi connectivity index (χ1n) is 10.2. The molecule has 0 aromatic heterocycles. The minimum atomic E-state index is -0.508. The number of thioether (sulfide) groups is 1. The second kappa shape index (κ2) is 8.84. The average Bonchev–Trinajstić information content (AvgIpc) is 3.15. The number of ketones is 1. The highest BCUT2D eigenvalue weighted by Gasteiger charge is 2.41. The third-order valence-corrected chi connectivity index (χ3v) is 6.79. The van der Waals surface area contributed by atoms with E-state index < -0.39 is 6.04 Å². The normalized spacial score (nSPS) is 16.8. The van der Waals surface area contributed by atoms with Crippen molar-refractivity contribution in [1.82, 2.24) is 4.90 Å². The van der Waals surface area contributed by atoms with E-state index in [4.69, 9.17) is 9.98 Å². The van der Waals surface area contributed by atoms with Gasteiger partial charge in [0, 0.05) is 22.0 Å². The van der Waals surface area contributed by atoms with E-state index in [1.165, 1.54) is 11.8 Å². The molecule has 3 aromatic carbocycles. The fourth-order valence-electron chi connectivity index (χ4n) is 3.72. The maximum atomic E-state index is 13.3. The summed E-state index contributed by atoms with van der Waals surface area (Å²) in [5.74, 6) is 0.666. The highest BCUT2D eigenvalue weighted by atomic mass is 79.9. The van der Waals surface area contributed by atoms with Crippen LogP contribution in [0, 0.1) is 0 Å². The lowest BCUT2D eigenvalue weighted by Crippen LogP contribution is -2.41. The molecule has 0 saturated carbocycles. The Bertz CT molecular complexity index is 1260. The standard InChI is InChI=1S/C25H18BrN3O2S/c26-18-12-10-17(11-13-18)22(30)15-32-25-28-20-9-5-4-8-19(20)23-27-21(24(31)29(23)25)14-16-6-2-1-3-7-16/h1-13,21H,14-15H2/t21-/m0/s1. The minimum Gasteiger partial charge on any atom is -0.293 e. The summed E-state index contributed by atoms with van der Waals surface area (Å²) in [7, 11) is 0. The molecule has 158 valence electrons. The van der Waals surface area contributed by atoms with E-state index >= 15 is 0 Å². The van der Waals surface area contributed by atoms with Crippen molar-refractivity contribution in [2.24, 2.45) is 9.98 Å². The van der Waals surface area contributed by atoms with Gasteiger partial charge in [0.05, 0.1) is 11.4 Å². The topological polar surface area (TPSA) is 62.1 Å². The minimum absolute atomic E-state index is 0.0185. The van der Waals surface area contributed by atoms with Crippen LogP contribution >= 0.6 is 27.7 Å². The molecule has 32 heavy (non-hydrogen) atoms. The molecule has 1 atom stereocenters. The number of para-hydroxylation sites is 1. The van der Waals surface area contributed by atoms with Crippen molar-refractivity contribution in [3.8, 4) is 0 Å².